The summed E-state index contributed by atoms with van der Waals surface area (Å²) in [6.07, 6.45) is 9.85. The highest BCUT2D eigenvalue weighted by Gasteiger charge is 2.15. The molecule has 188 valence electrons. The third-order valence-electron chi connectivity index (χ3n) is 6.06. The van der Waals surface area contributed by atoms with E-state index < -0.39 is 12.0 Å². The molecule has 2 aromatic carbocycles. The van der Waals surface area contributed by atoms with Crippen molar-refractivity contribution in [3.8, 4) is 18.4 Å². The van der Waals surface area contributed by atoms with Gasteiger partial charge in [0.2, 0.25) is 5.95 Å². The fourth-order valence-corrected chi connectivity index (χ4v) is 4.12. The molecule has 0 fully saturated rings. The summed E-state index contributed by atoms with van der Waals surface area (Å²) in [6.45, 7) is 3.78. The van der Waals surface area contributed by atoms with Gasteiger partial charge in [-0.1, -0.05) is 73.5 Å². The lowest BCUT2D eigenvalue weighted by Gasteiger charge is -2.15. The summed E-state index contributed by atoms with van der Waals surface area (Å²) in [7, 11) is 1.86. The van der Waals surface area contributed by atoms with E-state index in [1.165, 1.54) is 0 Å². The molecule has 0 radical (unpaired) electrons. The number of halogens is 1. The Bertz CT molecular complexity index is 1630. The van der Waals surface area contributed by atoms with E-state index in [4.69, 9.17) is 16.7 Å². The third-order valence-corrected chi connectivity index (χ3v) is 6.06. The molecule has 0 aliphatic rings. The zero-order chi connectivity index (χ0) is 27.1. The number of hydrogen-bond acceptors (Lipinski definition) is 5. The van der Waals surface area contributed by atoms with Crippen LogP contribution in [0.2, 0.25) is 0 Å². The van der Waals surface area contributed by atoms with Crippen LogP contribution in [0.5, 0.6) is 0 Å². The van der Waals surface area contributed by atoms with Crippen LogP contribution in [0.3, 0.4) is 0 Å². The first kappa shape index (κ1) is 26.1. The van der Waals surface area contributed by atoms with Crippen LogP contribution < -0.4 is 16.0 Å². The molecule has 0 bridgehead atoms. The van der Waals surface area contributed by atoms with E-state index in [2.05, 4.69) is 21.2 Å². The molecule has 0 saturated heterocycles. The highest BCUT2D eigenvalue weighted by molar-refractivity contribution is 6.14. The van der Waals surface area contributed by atoms with Crippen LogP contribution in [0.15, 0.2) is 78.0 Å². The lowest BCUT2D eigenvalue weighted by molar-refractivity contribution is 0.583. The maximum absolute atomic E-state index is 14.8. The molecule has 2 aromatic heterocycles. The number of pyridine rings is 1. The van der Waals surface area contributed by atoms with Gasteiger partial charge in [-0.15, -0.1) is 6.42 Å². The fraction of sp³-hybridized carbons (Fsp3) is 0.161. The average molecular weight is 503 g/mol. The average Bonchev–Trinajstić information content (AvgIpc) is 3.32. The van der Waals surface area contributed by atoms with Crippen molar-refractivity contribution in [2.24, 2.45) is 12.0 Å². The molecule has 4 rings (SSSR count). The number of nitriles is 1. The van der Waals surface area contributed by atoms with E-state index in [1.54, 1.807) is 12.4 Å². The first-order valence-electron chi connectivity index (χ1n) is 12.2. The van der Waals surface area contributed by atoms with Crippen LogP contribution >= 0.6 is 0 Å². The highest BCUT2D eigenvalue weighted by atomic mass is 19.1. The van der Waals surface area contributed by atoms with Crippen molar-refractivity contribution in [2.45, 2.75) is 26.3 Å². The van der Waals surface area contributed by atoms with Crippen molar-refractivity contribution in [1.29, 1.82) is 5.26 Å². The Labute approximate surface area is 221 Å². The Morgan fingerprint density at radius 2 is 1.79 bits per heavy atom. The van der Waals surface area contributed by atoms with Crippen LogP contribution in [0.1, 0.15) is 36.2 Å². The van der Waals surface area contributed by atoms with Crippen LogP contribution in [-0.4, -0.2) is 26.3 Å². The number of nitrogens with one attached hydrogen (secondary N) is 1. The number of aromatic nitrogens is 3. The van der Waals surface area contributed by atoms with Gasteiger partial charge >= 0.3 is 0 Å². The van der Waals surface area contributed by atoms with Crippen LogP contribution in [0.25, 0.3) is 11.8 Å². The van der Waals surface area contributed by atoms with E-state index in [-0.39, 0.29) is 11.4 Å². The van der Waals surface area contributed by atoms with Crippen molar-refractivity contribution in [1.82, 2.24) is 14.5 Å². The standard InChI is InChI=1S/C31H27FN6/c1-5-22-17-26(19-33)37-31(32)30(22)36-25(6-2)18-27-28(34-20-38(27)4)21(3)35-29(23-13-9-7-10-14-23)24-15-11-8-12-16-24/h2,7-18,20,25,36H,5H2,1,3-4H3/b27-18+,28-21-. The summed E-state index contributed by atoms with van der Waals surface area (Å²) in [4.78, 5) is 13.3. The molecule has 6 nitrogen and oxygen atoms in total. The second-order valence-electron chi connectivity index (χ2n) is 8.62. The van der Waals surface area contributed by atoms with E-state index in [1.807, 2.05) is 98.3 Å². The quantitative estimate of drug-likeness (QED) is 0.236. The molecule has 0 aliphatic heterocycles. The molecule has 0 amide bonds. The summed E-state index contributed by atoms with van der Waals surface area (Å²) in [6, 6.07) is 22.7. The van der Waals surface area contributed by atoms with Gasteiger partial charge in [-0.2, -0.15) is 9.65 Å². The summed E-state index contributed by atoms with van der Waals surface area (Å²) in [5, 5.41) is 13.6. The molecule has 0 aliphatic carbocycles. The Morgan fingerprint density at radius 1 is 1.16 bits per heavy atom. The second kappa shape index (κ2) is 11.8. The number of imidazole rings is 1. The number of rotatable bonds is 7. The predicted octanol–water partition coefficient (Wildman–Crippen LogP) is 3.95. The fourth-order valence-electron chi connectivity index (χ4n) is 4.12. The summed E-state index contributed by atoms with van der Waals surface area (Å²) < 4.78 is 16.6. The molecule has 4 aromatic rings. The predicted molar refractivity (Wildman–Crippen MR) is 149 cm³/mol. The lowest BCUT2D eigenvalue weighted by Crippen LogP contribution is -2.34. The lowest BCUT2D eigenvalue weighted by atomic mass is 10.0. The second-order valence-corrected chi connectivity index (χ2v) is 8.62. The Kier molecular flexibility index (Phi) is 8.10. The minimum Gasteiger partial charge on any atom is -0.364 e. The van der Waals surface area contributed by atoms with Crippen molar-refractivity contribution in [3.63, 3.8) is 0 Å². The number of anilines is 1. The number of terminal acetylenes is 1. The normalized spacial score (nSPS) is 12.7. The Hall–Kier alpha value is -5.01. The first-order valence-corrected chi connectivity index (χ1v) is 12.2. The molecule has 1 unspecified atom stereocenters. The van der Waals surface area contributed by atoms with Crippen LogP contribution in [0, 0.1) is 29.6 Å². The minimum absolute atomic E-state index is 0.0239. The van der Waals surface area contributed by atoms with Gasteiger partial charge in [-0.25, -0.2) is 9.97 Å². The number of nitrogens with zero attached hydrogens (tertiary/aromatic N) is 5. The van der Waals surface area contributed by atoms with Crippen molar-refractivity contribution < 1.29 is 4.39 Å². The van der Waals surface area contributed by atoms with Crippen molar-refractivity contribution in [3.05, 3.63) is 112 Å². The number of benzene rings is 2. The largest absolute Gasteiger partial charge is 0.364 e. The van der Waals surface area contributed by atoms with Gasteiger partial charge in [-0.3, -0.25) is 4.99 Å². The molecular formula is C31H27FN6. The Morgan fingerprint density at radius 3 is 2.34 bits per heavy atom. The topological polar surface area (TPSA) is 78.9 Å². The number of aliphatic imine (C=N–C) groups is 1. The van der Waals surface area contributed by atoms with Gasteiger partial charge < -0.3 is 9.88 Å². The summed E-state index contributed by atoms with van der Waals surface area (Å²) >= 11 is 0. The zero-order valence-electron chi connectivity index (χ0n) is 21.5. The number of aryl methyl sites for hydroxylation is 2. The van der Waals surface area contributed by atoms with Gasteiger partial charge in [0.25, 0.3) is 0 Å². The van der Waals surface area contributed by atoms with E-state index >= 15 is 0 Å². The van der Waals surface area contributed by atoms with E-state index in [0.29, 0.717) is 23.0 Å². The molecule has 0 saturated carbocycles. The molecule has 7 heteroatoms. The highest BCUT2D eigenvalue weighted by Crippen LogP contribution is 2.21. The third kappa shape index (κ3) is 5.69. The summed E-state index contributed by atoms with van der Waals surface area (Å²) in [5.41, 5.74) is 4.33. The summed E-state index contributed by atoms with van der Waals surface area (Å²) in [5.74, 6) is 1.91. The smallest absolute Gasteiger partial charge is 0.237 e. The van der Waals surface area contributed by atoms with Gasteiger partial charge in [0.15, 0.2) is 0 Å². The first-order chi connectivity index (χ1) is 18.4. The minimum atomic E-state index is -0.762. The zero-order valence-corrected chi connectivity index (χ0v) is 21.5. The molecular weight excluding hydrogens is 475 g/mol. The van der Waals surface area contributed by atoms with Crippen molar-refractivity contribution >= 4 is 23.2 Å². The molecule has 1 atom stereocenters. The molecule has 2 heterocycles. The van der Waals surface area contributed by atoms with Gasteiger partial charge in [0.1, 0.15) is 23.2 Å². The van der Waals surface area contributed by atoms with Gasteiger partial charge in [0.05, 0.1) is 28.8 Å². The number of hydrogen-bond donors (Lipinski definition) is 1. The van der Waals surface area contributed by atoms with Gasteiger partial charge in [0, 0.05) is 18.2 Å². The van der Waals surface area contributed by atoms with E-state index in [0.717, 1.165) is 22.2 Å². The maximum Gasteiger partial charge on any atom is 0.237 e. The molecule has 38 heavy (non-hydrogen) atoms. The van der Waals surface area contributed by atoms with Crippen LogP contribution in [-0.2, 0) is 13.5 Å². The Balaban J connectivity index is 1.83. The molecule has 0 spiro atoms. The van der Waals surface area contributed by atoms with Gasteiger partial charge in [-0.05, 0) is 31.1 Å². The maximum atomic E-state index is 14.8. The van der Waals surface area contributed by atoms with Crippen molar-refractivity contribution in [2.75, 3.05) is 5.32 Å². The monoisotopic (exact) mass is 502 g/mol. The van der Waals surface area contributed by atoms with Crippen LogP contribution in [0.4, 0.5) is 10.1 Å². The molecule has 1 N–H and O–H groups in total. The van der Waals surface area contributed by atoms with E-state index in [9.17, 15) is 4.39 Å². The SMILES string of the molecule is C#CC(/C=c1\c(=C(/C)N=C(c2ccccc2)c2ccccc2)ncn1C)Nc1c(CC)cc(C#N)nc1F.